The maximum Gasteiger partial charge on any atom is 0.330 e. The van der Waals surface area contributed by atoms with Crippen molar-refractivity contribution in [1.29, 1.82) is 0 Å². The average Bonchev–Trinajstić information content (AvgIpc) is 2.37. The molecule has 0 heterocycles. The monoisotopic (exact) mass is 280 g/mol. The van der Waals surface area contributed by atoms with Crippen molar-refractivity contribution in [1.82, 2.24) is 0 Å². The van der Waals surface area contributed by atoms with Crippen LogP contribution < -0.4 is 5.73 Å². The minimum atomic E-state index is -4.18. The Labute approximate surface area is 106 Å². The number of oxime groups is 1. The Morgan fingerprint density at radius 2 is 2.11 bits per heavy atom. The molecule has 19 heavy (non-hydrogen) atoms. The number of alkyl halides is 4. The first-order chi connectivity index (χ1) is 8.86. The summed E-state index contributed by atoms with van der Waals surface area (Å²) in [6.45, 7) is -1.66. The van der Waals surface area contributed by atoms with E-state index in [9.17, 15) is 17.6 Å². The van der Waals surface area contributed by atoms with Crippen LogP contribution in [0.2, 0.25) is 0 Å². The van der Waals surface area contributed by atoms with Gasteiger partial charge in [-0.3, -0.25) is 0 Å². The summed E-state index contributed by atoms with van der Waals surface area (Å²) in [5, 5.41) is 11.2. The molecule has 1 aromatic carbocycles. The van der Waals surface area contributed by atoms with E-state index in [2.05, 4.69) is 9.89 Å². The first-order valence-corrected chi connectivity index (χ1v) is 5.17. The van der Waals surface area contributed by atoms with E-state index in [1.165, 1.54) is 24.3 Å². The van der Waals surface area contributed by atoms with Gasteiger partial charge in [0.2, 0.25) is 0 Å². The summed E-state index contributed by atoms with van der Waals surface area (Å²) in [4.78, 5) is 0. The maximum atomic E-state index is 12.6. The summed E-state index contributed by atoms with van der Waals surface area (Å²) in [6.07, 6.45) is -3.77. The third kappa shape index (κ3) is 4.40. The molecule has 8 heteroatoms. The van der Waals surface area contributed by atoms with E-state index in [0.717, 1.165) is 0 Å². The first kappa shape index (κ1) is 15.2. The highest BCUT2D eigenvalue weighted by Crippen LogP contribution is 2.23. The SMILES string of the molecule is N/C(=N\O)c1cccc(COCC(F)(F)C(F)F)c1. The van der Waals surface area contributed by atoms with Gasteiger partial charge < -0.3 is 15.7 Å². The number of halogens is 4. The number of nitrogens with two attached hydrogens (primary N) is 1. The molecule has 0 amide bonds. The van der Waals surface area contributed by atoms with Gasteiger partial charge in [0.05, 0.1) is 6.61 Å². The van der Waals surface area contributed by atoms with Crippen molar-refractivity contribution in [3.63, 3.8) is 0 Å². The molecule has 0 radical (unpaired) electrons. The molecule has 106 valence electrons. The molecule has 0 aromatic heterocycles. The number of benzene rings is 1. The Morgan fingerprint density at radius 1 is 1.42 bits per heavy atom. The standard InChI is InChI=1S/C11H12F4N2O2/c12-10(13)11(14,15)6-19-5-7-2-1-3-8(4-7)9(16)17-18/h1-4,10,18H,5-6H2,(H2,16,17). The van der Waals surface area contributed by atoms with Gasteiger partial charge in [0, 0.05) is 5.56 Å². The second-order valence-electron chi connectivity index (χ2n) is 3.74. The lowest BCUT2D eigenvalue weighted by Crippen LogP contribution is -2.32. The van der Waals surface area contributed by atoms with Crippen LogP contribution in [0.4, 0.5) is 17.6 Å². The molecule has 3 N–H and O–H groups in total. The van der Waals surface area contributed by atoms with Crippen LogP contribution in [0.5, 0.6) is 0 Å². The van der Waals surface area contributed by atoms with Gasteiger partial charge in [-0.2, -0.15) is 8.78 Å². The number of rotatable bonds is 6. The van der Waals surface area contributed by atoms with Crippen molar-refractivity contribution in [2.24, 2.45) is 10.9 Å². The molecule has 4 nitrogen and oxygen atoms in total. The molecule has 0 aliphatic carbocycles. The summed E-state index contributed by atoms with van der Waals surface area (Å²) < 4.78 is 53.4. The Kier molecular flexibility index (Phi) is 5.11. The van der Waals surface area contributed by atoms with Crippen molar-refractivity contribution in [2.45, 2.75) is 19.0 Å². The lowest BCUT2D eigenvalue weighted by molar-refractivity contribution is -0.168. The number of nitrogens with zero attached hydrogens (tertiary/aromatic N) is 1. The first-order valence-electron chi connectivity index (χ1n) is 5.17. The van der Waals surface area contributed by atoms with E-state index in [1.807, 2.05) is 0 Å². The highest BCUT2D eigenvalue weighted by Gasteiger charge is 2.40. The van der Waals surface area contributed by atoms with Crippen LogP contribution in [-0.2, 0) is 11.3 Å². The molecule has 0 spiro atoms. The average molecular weight is 280 g/mol. The van der Waals surface area contributed by atoms with E-state index in [1.54, 1.807) is 0 Å². The van der Waals surface area contributed by atoms with Gasteiger partial charge in [-0.25, -0.2) is 8.78 Å². The summed E-state index contributed by atoms with van der Waals surface area (Å²) in [5.74, 6) is -4.33. The Balaban J connectivity index is 2.60. The zero-order valence-electron chi connectivity index (χ0n) is 9.69. The molecule has 0 unspecified atom stereocenters. The van der Waals surface area contributed by atoms with E-state index >= 15 is 0 Å². The van der Waals surface area contributed by atoms with Crippen molar-refractivity contribution in [2.75, 3.05) is 6.61 Å². The summed E-state index contributed by atoms with van der Waals surface area (Å²) >= 11 is 0. The Bertz CT molecular complexity index is 452. The molecular formula is C11H12F4N2O2. The minimum Gasteiger partial charge on any atom is -0.409 e. The summed E-state index contributed by atoms with van der Waals surface area (Å²) in [7, 11) is 0. The maximum absolute atomic E-state index is 12.6. The number of ether oxygens (including phenoxy) is 1. The topological polar surface area (TPSA) is 67.8 Å². The zero-order chi connectivity index (χ0) is 14.5. The van der Waals surface area contributed by atoms with Crippen LogP contribution >= 0.6 is 0 Å². The number of amidine groups is 1. The lowest BCUT2D eigenvalue weighted by Gasteiger charge is -2.15. The molecule has 1 aromatic rings. The van der Waals surface area contributed by atoms with E-state index in [4.69, 9.17) is 10.9 Å². The van der Waals surface area contributed by atoms with Crippen molar-refractivity contribution < 1.29 is 27.5 Å². The lowest BCUT2D eigenvalue weighted by atomic mass is 10.1. The third-order valence-electron chi connectivity index (χ3n) is 2.21. The predicted molar refractivity (Wildman–Crippen MR) is 59.6 cm³/mol. The number of hydrogen-bond donors (Lipinski definition) is 2. The van der Waals surface area contributed by atoms with Gasteiger partial charge in [-0.05, 0) is 11.6 Å². The van der Waals surface area contributed by atoms with Crippen molar-refractivity contribution in [3.8, 4) is 0 Å². The molecule has 0 atom stereocenters. The normalized spacial score (nSPS) is 13.0. The van der Waals surface area contributed by atoms with Gasteiger partial charge in [0.15, 0.2) is 5.84 Å². The second kappa shape index (κ2) is 6.37. The van der Waals surface area contributed by atoms with Crippen LogP contribution in [0.1, 0.15) is 11.1 Å². The van der Waals surface area contributed by atoms with Crippen LogP contribution in [0.3, 0.4) is 0 Å². The van der Waals surface area contributed by atoms with E-state index < -0.39 is 19.0 Å². The van der Waals surface area contributed by atoms with Crippen LogP contribution in [0.25, 0.3) is 0 Å². The molecular weight excluding hydrogens is 268 g/mol. The highest BCUT2D eigenvalue weighted by atomic mass is 19.3. The van der Waals surface area contributed by atoms with Gasteiger partial charge in [-0.1, -0.05) is 23.4 Å². The molecule has 0 saturated heterocycles. The van der Waals surface area contributed by atoms with Gasteiger partial charge in [0.1, 0.15) is 6.61 Å². The van der Waals surface area contributed by atoms with Gasteiger partial charge >= 0.3 is 12.3 Å². The predicted octanol–water partition coefficient (Wildman–Crippen LogP) is 2.20. The van der Waals surface area contributed by atoms with Crippen LogP contribution in [0.15, 0.2) is 29.4 Å². The molecule has 0 aliphatic rings. The number of hydrogen-bond acceptors (Lipinski definition) is 3. The van der Waals surface area contributed by atoms with Crippen LogP contribution in [-0.4, -0.2) is 30.0 Å². The quantitative estimate of drug-likeness (QED) is 0.276. The minimum absolute atomic E-state index is 0.153. The van der Waals surface area contributed by atoms with Gasteiger partial charge in [-0.15, -0.1) is 0 Å². The van der Waals surface area contributed by atoms with E-state index in [-0.39, 0.29) is 12.4 Å². The molecule has 0 aliphatic heterocycles. The fourth-order valence-corrected chi connectivity index (χ4v) is 1.25. The summed E-state index contributed by atoms with van der Waals surface area (Å²) in [6, 6.07) is 6.05. The molecule has 1 rings (SSSR count). The Morgan fingerprint density at radius 3 is 2.68 bits per heavy atom. The van der Waals surface area contributed by atoms with Crippen molar-refractivity contribution >= 4 is 5.84 Å². The molecule has 0 saturated carbocycles. The fourth-order valence-electron chi connectivity index (χ4n) is 1.25. The van der Waals surface area contributed by atoms with Gasteiger partial charge in [0.25, 0.3) is 0 Å². The van der Waals surface area contributed by atoms with Crippen LogP contribution in [0, 0.1) is 0 Å². The fraction of sp³-hybridized carbons (Fsp3) is 0.364. The highest BCUT2D eigenvalue weighted by molar-refractivity contribution is 5.97. The molecule has 0 bridgehead atoms. The summed E-state index contributed by atoms with van der Waals surface area (Å²) in [5.41, 5.74) is 6.14. The zero-order valence-corrected chi connectivity index (χ0v) is 9.69. The van der Waals surface area contributed by atoms with E-state index in [0.29, 0.717) is 11.1 Å². The second-order valence-corrected chi connectivity index (χ2v) is 3.74. The Hall–Kier alpha value is -1.83. The smallest absolute Gasteiger partial charge is 0.330 e. The third-order valence-corrected chi connectivity index (χ3v) is 2.21. The largest absolute Gasteiger partial charge is 0.409 e. The molecule has 0 fully saturated rings. The van der Waals surface area contributed by atoms with Crippen molar-refractivity contribution in [3.05, 3.63) is 35.4 Å².